The number of aryl methyl sites for hydroxylation is 1. The number of hydrogen-bond donors (Lipinski definition) is 2. The Kier molecular flexibility index (Phi) is 5.53. The van der Waals surface area contributed by atoms with Crippen LogP contribution in [0.4, 0.5) is 0 Å². The molecule has 1 heterocycles. The lowest BCUT2D eigenvalue weighted by Crippen LogP contribution is -2.24. The smallest absolute Gasteiger partial charge is 0.307 e. The van der Waals surface area contributed by atoms with Crippen molar-refractivity contribution in [3.63, 3.8) is 0 Å². The number of ether oxygens (including phenoxy) is 1. The third-order valence-corrected chi connectivity index (χ3v) is 4.85. The monoisotopic (exact) mass is 350 g/mol. The number of benzene rings is 1. The Morgan fingerprint density at radius 1 is 1.33 bits per heavy atom. The quantitative estimate of drug-likeness (QED) is 0.784. The number of aromatic nitrogens is 1. The zero-order chi connectivity index (χ0) is 17.7. The SMILES string of the molecule is COc1ccc(S(=O)(=O)NCc2ncccc2C)cc1CC(=O)O. The number of sulfonamides is 1. The van der Waals surface area contributed by atoms with Gasteiger partial charge in [-0.25, -0.2) is 13.1 Å². The van der Waals surface area contributed by atoms with E-state index in [1.165, 1.54) is 25.3 Å². The Bertz CT molecular complexity index is 849. The van der Waals surface area contributed by atoms with E-state index in [0.717, 1.165) is 5.56 Å². The minimum absolute atomic E-state index is 0.0202. The first-order valence-corrected chi connectivity index (χ1v) is 8.60. The number of nitrogens with zero attached hydrogens (tertiary/aromatic N) is 1. The Morgan fingerprint density at radius 2 is 2.08 bits per heavy atom. The van der Waals surface area contributed by atoms with Crippen LogP contribution in [0, 0.1) is 6.92 Å². The third kappa shape index (κ3) is 4.30. The van der Waals surface area contributed by atoms with Crippen molar-refractivity contribution in [3.8, 4) is 5.75 Å². The van der Waals surface area contributed by atoms with Crippen LogP contribution < -0.4 is 9.46 Å². The van der Waals surface area contributed by atoms with Crippen LogP contribution in [0.2, 0.25) is 0 Å². The molecule has 24 heavy (non-hydrogen) atoms. The van der Waals surface area contributed by atoms with Gasteiger partial charge in [-0.05, 0) is 36.8 Å². The molecule has 0 fully saturated rings. The van der Waals surface area contributed by atoms with Crippen molar-refractivity contribution in [2.75, 3.05) is 7.11 Å². The maximum atomic E-state index is 12.4. The number of nitrogens with one attached hydrogen (secondary N) is 1. The topological polar surface area (TPSA) is 106 Å². The van der Waals surface area contributed by atoms with Crippen molar-refractivity contribution >= 4 is 16.0 Å². The summed E-state index contributed by atoms with van der Waals surface area (Å²) in [6.45, 7) is 1.89. The number of carbonyl (C=O) groups is 1. The van der Waals surface area contributed by atoms with E-state index >= 15 is 0 Å². The average molecular weight is 350 g/mol. The average Bonchev–Trinajstić information content (AvgIpc) is 2.53. The normalized spacial score (nSPS) is 11.2. The summed E-state index contributed by atoms with van der Waals surface area (Å²) in [5, 5.41) is 8.93. The molecule has 0 atom stereocenters. The van der Waals surface area contributed by atoms with Crippen molar-refractivity contribution in [2.45, 2.75) is 24.8 Å². The first-order valence-electron chi connectivity index (χ1n) is 7.12. The molecule has 0 aliphatic rings. The number of hydrogen-bond acceptors (Lipinski definition) is 5. The number of methoxy groups -OCH3 is 1. The molecule has 8 heteroatoms. The molecule has 2 N–H and O–H groups in total. The summed E-state index contributed by atoms with van der Waals surface area (Å²) in [5.41, 5.74) is 1.80. The molecule has 2 aromatic rings. The van der Waals surface area contributed by atoms with E-state index in [-0.39, 0.29) is 17.9 Å². The molecule has 0 aliphatic heterocycles. The van der Waals surface area contributed by atoms with Crippen molar-refractivity contribution in [1.82, 2.24) is 9.71 Å². The molecule has 0 aliphatic carbocycles. The maximum Gasteiger partial charge on any atom is 0.307 e. The van der Waals surface area contributed by atoms with Gasteiger partial charge in [0.15, 0.2) is 0 Å². The van der Waals surface area contributed by atoms with Gasteiger partial charge in [0.25, 0.3) is 0 Å². The van der Waals surface area contributed by atoms with E-state index in [4.69, 9.17) is 9.84 Å². The highest BCUT2D eigenvalue weighted by atomic mass is 32.2. The van der Waals surface area contributed by atoms with Crippen LogP contribution in [0.5, 0.6) is 5.75 Å². The van der Waals surface area contributed by atoms with Crippen LogP contribution in [-0.4, -0.2) is 31.6 Å². The predicted octanol–water partition coefficient (Wildman–Crippen LogP) is 1.50. The fraction of sp³-hybridized carbons (Fsp3) is 0.250. The lowest BCUT2D eigenvalue weighted by molar-refractivity contribution is -0.136. The fourth-order valence-electron chi connectivity index (χ4n) is 2.17. The van der Waals surface area contributed by atoms with Crippen molar-refractivity contribution in [1.29, 1.82) is 0 Å². The van der Waals surface area contributed by atoms with Gasteiger partial charge in [-0.15, -0.1) is 0 Å². The van der Waals surface area contributed by atoms with Gasteiger partial charge in [-0.2, -0.15) is 0 Å². The molecule has 0 unspecified atom stereocenters. The van der Waals surface area contributed by atoms with Gasteiger partial charge in [0.1, 0.15) is 5.75 Å². The van der Waals surface area contributed by atoms with Crippen LogP contribution in [0.25, 0.3) is 0 Å². The molecule has 0 saturated carbocycles. The second-order valence-corrected chi connectivity index (χ2v) is 6.90. The Hall–Kier alpha value is -2.45. The third-order valence-electron chi connectivity index (χ3n) is 3.45. The Balaban J connectivity index is 2.25. The van der Waals surface area contributed by atoms with E-state index in [2.05, 4.69) is 9.71 Å². The largest absolute Gasteiger partial charge is 0.496 e. The number of carboxylic acids is 1. The lowest BCUT2D eigenvalue weighted by atomic mass is 10.1. The molecule has 0 amide bonds. The minimum atomic E-state index is -3.80. The van der Waals surface area contributed by atoms with E-state index < -0.39 is 16.0 Å². The molecule has 7 nitrogen and oxygen atoms in total. The van der Waals surface area contributed by atoms with Crippen molar-refractivity contribution < 1.29 is 23.1 Å². The predicted molar refractivity (Wildman–Crippen MR) is 87.3 cm³/mol. The summed E-state index contributed by atoms with van der Waals surface area (Å²) in [6, 6.07) is 7.74. The highest BCUT2D eigenvalue weighted by molar-refractivity contribution is 7.89. The van der Waals surface area contributed by atoms with Crippen molar-refractivity contribution in [2.24, 2.45) is 0 Å². The molecule has 2 rings (SSSR count). The van der Waals surface area contributed by atoms with Crippen LogP contribution in [0.1, 0.15) is 16.8 Å². The van der Waals surface area contributed by atoms with Crippen LogP contribution >= 0.6 is 0 Å². The molecular formula is C16H18N2O5S. The van der Waals surface area contributed by atoms with Crippen LogP contribution in [0.15, 0.2) is 41.4 Å². The molecule has 0 saturated heterocycles. The number of pyridine rings is 1. The fourth-order valence-corrected chi connectivity index (χ4v) is 3.21. The van der Waals surface area contributed by atoms with E-state index in [0.29, 0.717) is 17.0 Å². The van der Waals surface area contributed by atoms with Gasteiger partial charge in [-0.1, -0.05) is 6.07 Å². The van der Waals surface area contributed by atoms with Gasteiger partial charge in [0.05, 0.1) is 30.7 Å². The second-order valence-electron chi connectivity index (χ2n) is 5.14. The van der Waals surface area contributed by atoms with Gasteiger partial charge < -0.3 is 9.84 Å². The van der Waals surface area contributed by atoms with Gasteiger partial charge in [0, 0.05) is 11.8 Å². The molecule has 1 aromatic heterocycles. The molecule has 1 aromatic carbocycles. The zero-order valence-electron chi connectivity index (χ0n) is 13.3. The standard InChI is InChI=1S/C16H18N2O5S/c1-11-4-3-7-17-14(11)10-18-24(21,22)13-5-6-15(23-2)12(8-13)9-16(19)20/h3-8,18H,9-10H2,1-2H3,(H,19,20). The molecule has 0 bridgehead atoms. The first-order chi connectivity index (χ1) is 11.3. The van der Waals surface area contributed by atoms with Gasteiger partial charge in [0.2, 0.25) is 10.0 Å². The van der Waals surface area contributed by atoms with Gasteiger partial charge in [-0.3, -0.25) is 9.78 Å². The Morgan fingerprint density at radius 3 is 2.71 bits per heavy atom. The molecule has 0 spiro atoms. The molecular weight excluding hydrogens is 332 g/mol. The summed E-state index contributed by atoms with van der Waals surface area (Å²) in [7, 11) is -2.40. The highest BCUT2D eigenvalue weighted by Crippen LogP contribution is 2.23. The first kappa shape index (κ1) is 17.9. The summed E-state index contributed by atoms with van der Waals surface area (Å²) >= 11 is 0. The van der Waals surface area contributed by atoms with Gasteiger partial charge >= 0.3 is 5.97 Å². The summed E-state index contributed by atoms with van der Waals surface area (Å²) in [6.07, 6.45) is 1.26. The summed E-state index contributed by atoms with van der Waals surface area (Å²) in [4.78, 5) is 15.0. The maximum absolute atomic E-state index is 12.4. The summed E-state index contributed by atoms with van der Waals surface area (Å²) < 4.78 is 32.4. The van der Waals surface area contributed by atoms with Crippen LogP contribution in [-0.2, 0) is 27.8 Å². The highest BCUT2D eigenvalue weighted by Gasteiger charge is 2.18. The van der Waals surface area contributed by atoms with E-state index in [9.17, 15) is 13.2 Å². The van der Waals surface area contributed by atoms with Crippen molar-refractivity contribution in [3.05, 3.63) is 53.3 Å². The second kappa shape index (κ2) is 7.41. The van der Waals surface area contributed by atoms with E-state index in [1.807, 2.05) is 13.0 Å². The minimum Gasteiger partial charge on any atom is -0.496 e. The summed E-state index contributed by atoms with van der Waals surface area (Å²) in [5.74, 6) is -0.739. The number of aliphatic carboxylic acids is 1. The zero-order valence-corrected chi connectivity index (χ0v) is 14.1. The lowest BCUT2D eigenvalue weighted by Gasteiger charge is -2.11. The number of rotatable bonds is 7. The number of carboxylic acid groups (broad SMARTS) is 1. The van der Waals surface area contributed by atoms with Crippen LogP contribution in [0.3, 0.4) is 0 Å². The molecule has 0 radical (unpaired) electrons. The van der Waals surface area contributed by atoms with E-state index in [1.54, 1.807) is 12.3 Å². The Labute approximate surface area is 140 Å². The molecule has 128 valence electrons.